The van der Waals surface area contributed by atoms with Gasteiger partial charge in [0.15, 0.2) is 5.82 Å². The molecule has 2 aromatic heterocycles. The minimum atomic E-state index is 0.0342. The number of para-hydroxylation sites is 1. The average molecular weight is 268 g/mol. The van der Waals surface area contributed by atoms with Gasteiger partial charge < -0.3 is 11.1 Å². The molecule has 1 atom stereocenters. The zero-order valence-electron chi connectivity index (χ0n) is 11.4. The van der Waals surface area contributed by atoms with Gasteiger partial charge in [-0.05, 0) is 25.5 Å². The number of aromatic nitrogens is 4. The van der Waals surface area contributed by atoms with Crippen molar-refractivity contribution in [3.63, 3.8) is 0 Å². The van der Waals surface area contributed by atoms with E-state index in [0.717, 1.165) is 17.1 Å². The molecule has 102 valence electrons. The maximum atomic E-state index is 6.00. The molecule has 1 aromatic carbocycles. The number of anilines is 2. The van der Waals surface area contributed by atoms with Gasteiger partial charge in [0.2, 0.25) is 5.65 Å². The van der Waals surface area contributed by atoms with Crippen molar-refractivity contribution < 1.29 is 0 Å². The largest absolute Gasteiger partial charge is 0.398 e. The molecule has 0 aliphatic carbocycles. The van der Waals surface area contributed by atoms with Crippen LogP contribution in [0.3, 0.4) is 0 Å². The first-order valence-corrected chi connectivity index (χ1v) is 6.44. The molecule has 1 unspecified atom stereocenters. The lowest BCUT2D eigenvalue weighted by Gasteiger charge is -2.16. The molecule has 0 saturated carbocycles. The molecular weight excluding hydrogens is 252 g/mol. The van der Waals surface area contributed by atoms with Gasteiger partial charge in [-0.15, -0.1) is 10.2 Å². The van der Waals surface area contributed by atoms with Gasteiger partial charge in [-0.3, -0.25) is 4.40 Å². The van der Waals surface area contributed by atoms with Gasteiger partial charge in [0, 0.05) is 18.1 Å². The highest BCUT2D eigenvalue weighted by Gasteiger charge is 2.13. The third-order valence-electron chi connectivity index (χ3n) is 3.31. The molecule has 20 heavy (non-hydrogen) atoms. The van der Waals surface area contributed by atoms with Crippen molar-refractivity contribution in [2.75, 3.05) is 11.1 Å². The van der Waals surface area contributed by atoms with Crippen LogP contribution in [0.2, 0.25) is 0 Å². The predicted molar refractivity (Wildman–Crippen MR) is 78.4 cm³/mol. The quantitative estimate of drug-likeness (QED) is 0.712. The monoisotopic (exact) mass is 268 g/mol. The Hall–Kier alpha value is -2.63. The predicted octanol–water partition coefficient (Wildman–Crippen LogP) is 2.19. The highest BCUT2D eigenvalue weighted by atomic mass is 15.3. The molecule has 0 fully saturated rings. The Kier molecular flexibility index (Phi) is 2.98. The minimum Gasteiger partial charge on any atom is -0.398 e. The van der Waals surface area contributed by atoms with Crippen molar-refractivity contribution in [1.29, 1.82) is 0 Å². The summed E-state index contributed by atoms with van der Waals surface area (Å²) in [4.78, 5) is 4.34. The number of fused-ring (bicyclic) bond motifs is 1. The number of nitrogens with one attached hydrogen (secondary N) is 1. The van der Waals surface area contributed by atoms with E-state index in [2.05, 4.69) is 20.5 Å². The molecule has 6 nitrogen and oxygen atoms in total. The molecule has 0 amide bonds. The van der Waals surface area contributed by atoms with Crippen LogP contribution in [-0.2, 0) is 0 Å². The summed E-state index contributed by atoms with van der Waals surface area (Å²) in [5.41, 5.74) is 8.51. The summed E-state index contributed by atoms with van der Waals surface area (Å²) in [7, 11) is 0. The van der Waals surface area contributed by atoms with E-state index in [4.69, 9.17) is 5.73 Å². The Labute approximate surface area is 116 Å². The highest BCUT2D eigenvalue weighted by molar-refractivity contribution is 5.63. The first-order valence-electron chi connectivity index (χ1n) is 6.44. The lowest BCUT2D eigenvalue weighted by Crippen LogP contribution is -2.11. The number of nitrogens with zero attached hydrogens (tertiary/aromatic N) is 4. The number of hydrogen-bond donors (Lipinski definition) is 2. The zero-order chi connectivity index (χ0) is 14.1. The average Bonchev–Trinajstić information content (AvgIpc) is 2.82. The van der Waals surface area contributed by atoms with Crippen molar-refractivity contribution in [3.05, 3.63) is 48.0 Å². The minimum absolute atomic E-state index is 0.0342. The number of aryl methyl sites for hydroxylation is 1. The summed E-state index contributed by atoms with van der Waals surface area (Å²) in [5.74, 6) is 1.53. The standard InChI is InChI=1S/C14H16N6/c1-9(11-5-3-4-6-12(11)15)17-13-14-19-18-10(2)20(14)8-7-16-13/h3-9H,15H2,1-2H3,(H,16,17). The highest BCUT2D eigenvalue weighted by Crippen LogP contribution is 2.24. The van der Waals surface area contributed by atoms with Crippen LogP contribution in [0.15, 0.2) is 36.7 Å². The smallest absolute Gasteiger partial charge is 0.203 e. The molecule has 0 aliphatic rings. The Balaban J connectivity index is 1.95. The third kappa shape index (κ3) is 2.05. The molecule has 0 radical (unpaired) electrons. The second kappa shape index (κ2) is 4.80. The molecular formula is C14H16N6. The molecule has 3 rings (SSSR count). The lowest BCUT2D eigenvalue weighted by atomic mass is 10.1. The first-order chi connectivity index (χ1) is 9.66. The Morgan fingerprint density at radius 1 is 1.25 bits per heavy atom. The van der Waals surface area contributed by atoms with E-state index in [9.17, 15) is 0 Å². The maximum absolute atomic E-state index is 6.00. The third-order valence-corrected chi connectivity index (χ3v) is 3.31. The second-order valence-corrected chi connectivity index (χ2v) is 4.71. The van der Waals surface area contributed by atoms with Crippen molar-refractivity contribution in [2.45, 2.75) is 19.9 Å². The molecule has 3 aromatic rings. The molecule has 0 aliphatic heterocycles. The van der Waals surface area contributed by atoms with Gasteiger partial charge in [-0.2, -0.15) is 0 Å². The van der Waals surface area contributed by atoms with Crippen LogP contribution < -0.4 is 11.1 Å². The number of nitrogens with two attached hydrogens (primary N) is 1. The van der Waals surface area contributed by atoms with E-state index < -0.39 is 0 Å². The molecule has 2 heterocycles. The van der Waals surface area contributed by atoms with Gasteiger partial charge in [0.1, 0.15) is 5.82 Å². The van der Waals surface area contributed by atoms with Crippen molar-refractivity contribution >= 4 is 17.2 Å². The molecule has 0 bridgehead atoms. The second-order valence-electron chi connectivity index (χ2n) is 4.71. The van der Waals surface area contributed by atoms with Crippen molar-refractivity contribution in [2.24, 2.45) is 0 Å². The molecule has 0 spiro atoms. The fourth-order valence-electron chi connectivity index (χ4n) is 2.23. The van der Waals surface area contributed by atoms with E-state index in [-0.39, 0.29) is 6.04 Å². The van der Waals surface area contributed by atoms with Gasteiger partial charge in [0.25, 0.3) is 0 Å². The summed E-state index contributed by atoms with van der Waals surface area (Å²) < 4.78 is 1.90. The Morgan fingerprint density at radius 2 is 2.05 bits per heavy atom. The van der Waals surface area contributed by atoms with Crippen LogP contribution in [0.4, 0.5) is 11.5 Å². The van der Waals surface area contributed by atoms with E-state index in [1.807, 2.05) is 48.7 Å². The van der Waals surface area contributed by atoms with Crippen LogP contribution in [-0.4, -0.2) is 19.6 Å². The van der Waals surface area contributed by atoms with Gasteiger partial charge in [-0.1, -0.05) is 18.2 Å². The summed E-state index contributed by atoms with van der Waals surface area (Å²) in [5, 5.41) is 11.5. The van der Waals surface area contributed by atoms with Crippen LogP contribution >= 0.6 is 0 Å². The summed E-state index contributed by atoms with van der Waals surface area (Å²) in [6.07, 6.45) is 3.57. The van der Waals surface area contributed by atoms with Gasteiger partial charge in [-0.25, -0.2) is 4.98 Å². The van der Waals surface area contributed by atoms with Crippen molar-refractivity contribution in [3.8, 4) is 0 Å². The number of hydrogen-bond acceptors (Lipinski definition) is 5. The number of benzene rings is 1. The van der Waals surface area contributed by atoms with Gasteiger partial charge in [0.05, 0.1) is 6.04 Å². The Morgan fingerprint density at radius 3 is 2.85 bits per heavy atom. The SMILES string of the molecule is Cc1nnc2c(NC(C)c3ccccc3N)nccn12. The van der Waals surface area contributed by atoms with Crippen LogP contribution in [0, 0.1) is 6.92 Å². The van der Waals surface area contributed by atoms with E-state index in [1.165, 1.54) is 0 Å². The fraction of sp³-hybridized carbons (Fsp3) is 0.214. The van der Waals surface area contributed by atoms with Crippen LogP contribution in [0.5, 0.6) is 0 Å². The first kappa shape index (κ1) is 12.4. The Bertz CT molecular complexity index is 748. The molecule has 0 saturated heterocycles. The van der Waals surface area contributed by atoms with E-state index in [0.29, 0.717) is 11.5 Å². The van der Waals surface area contributed by atoms with Crippen LogP contribution in [0.1, 0.15) is 24.4 Å². The van der Waals surface area contributed by atoms with E-state index >= 15 is 0 Å². The van der Waals surface area contributed by atoms with Gasteiger partial charge >= 0.3 is 0 Å². The van der Waals surface area contributed by atoms with E-state index in [1.54, 1.807) is 6.20 Å². The topological polar surface area (TPSA) is 81.1 Å². The fourth-order valence-corrected chi connectivity index (χ4v) is 2.23. The zero-order valence-corrected chi connectivity index (χ0v) is 11.4. The van der Waals surface area contributed by atoms with Crippen LogP contribution in [0.25, 0.3) is 5.65 Å². The number of rotatable bonds is 3. The maximum Gasteiger partial charge on any atom is 0.203 e. The van der Waals surface area contributed by atoms with Crippen molar-refractivity contribution in [1.82, 2.24) is 19.6 Å². The summed E-state index contributed by atoms with van der Waals surface area (Å²) in [6.45, 7) is 3.95. The normalized spacial score (nSPS) is 12.5. The molecule has 3 N–H and O–H groups in total. The summed E-state index contributed by atoms with van der Waals surface area (Å²) in [6, 6.07) is 7.82. The number of nitrogen functional groups attached to an aromatic ring is 1. The molecule has 6 heteroatoms. The summed E-state index contributed by atoms with van der Waals surface area (Å²) >= 11 is 0. The lowest BCUT2D eigenvalue weighted by molar-refractivity contribution is 0.874.